The summed E-state index contributed by atoms with van der Waals surface area (Å²) >= 11 is 0. The van der Waals surface area contributed by atoms with Crippen molar-refractivity contribution in [3.8, 4) is 5.75 Å². The molecule has 0 bridgehead atoms. The summed E-state index contributed by atoms with van der Waals surface area (Å²) in [6.07, 6.45) is 5.55. The van der Waals surface area contributed by atoms with Crippen LogP contribution in [0.2, 0.25) is 0 Å². The molecule has 0 aromatic heterocycles. The van der Waals surface area contributed by atoms with Gasteiger partial charge in [-0.2, -0.15) is 0 Å². The van der Waals surface area contributed by atoms with Gasteiger partial charge in [-0.1, -0.05) is 40.0 Å². The van der Waals surface area contributed by atoms with Gasteiger partial charge in [0.05, 0.1) is 12.3 Å². The zero-order chi connectivity index (χ0) is 16.4. The van der Waals surface area contributed by atoms with E-state index in [4.69, 9.17) is 10.5 Å². The van der Waals surface area contributed by atoms with Gasteiger partial charge in [-0.25, -0.2) is 0 Å². The molecule has 0 aliphatic heterocycles. The Morgan fingerprint density at radius 3 is 2.73 bits per heavy atom. The molecule has 1 rings (SSSR count). The third kappa shape index (κ3) is 6.83. The Balaban J connectivity index is 2.50. The lowest BCUT2D eigenvalue weighted by molar-refractivity contribution is 0.0952. The molecule has 3 N–H and O–H groups in total. The lowest BCUT2D eigenvalue weighted by atomic mass is 10.1. The fourth-order valence-electron chi connectivity index (χ4n) is 2.06. The predicted molar refractivity (Wildman–Crippen MR) is 92.3 cm³/mol. The molecule has 1 aromatic rings. The molecular formula is C18H30N2O2. The molecule has 0 saturated carbocycles. The minimum Gasteiger partial charge on any atom is -0.491 e. The Morgan fingerprint density at radius 1 is 1.27 bits per heavy atom. The zero-order valence-corrected chi connectivity index (χ0v) is 14.2. The van der Waals surface area contributed by atoms with E-state index in [9.17, 15) is 4.79 Å². The highest BCUT2D eigenvalue weighted by atomic mass is 16.5. The quantitative estimate of drug-likeness (QED) is 0.507. The zero-order valence-electron chi connectivity index (χ0n) is 14.2. The number of hydrogen-bond donors (Lipinski definition) is 2. The maximum atomic E-state index is 12.1. The molecule has 0 unspecified atom stereocenters. The Bertz CT molecular complexity index is 458. The number of ether oxygens (including phenoxy) is 1. The number of carbonyl (C=O) groups excluding carboxylic acids is 1. The lowest BCUT2D eigenvalue weighted by Crippen LogP contribution is -2.24. The highest BCUT2D eigenvalue weighted by Gasteiger charge is 2.09. The molecule has 22 heavy (non-hydrogen) atoms. The van der Waals surface area contributed by atoms with Gasteiger partial charge in [-0.05, 0) is 37.0 Å². The molecule has 0 aliphatic rings. The van der Waals surface area contributed by atoms with Gasteiger partial charge < -0.3 is 15.8 Å². The van der Waals surface area contributed by atoms with Crippen LogP contribution < -0.4 is 15.8 Å². The number of carbonyl (C=O) groups is 1. The van der Waals surface area contributed by atoms with Crippen LogP contribution in [0.1, 0.15) is 63.2 Å². The van der Waals surface area contributed by atoms with Crippen molar-refractivity contribution in [2.24, 2.45) is 5.92 Å². The van der Waals surface area contributed by atoms with Crippen molar-refractivity contribution in [3.05, 3.63) is 23.8 Å². The number of anilines is 1. The third-order valence-electron chi connectivity index (χ3n) is 3.54. The summed E-state index contributed by atoms with van der Waals surface area (Å²) in [5.41, 5.74) is 7.08. The first-order valence-corrected chi connectivity index (χ1v) is 8.35. The number of amides is 1. The van der Waals surface area contributed by atoms with Crippen LogP contribution in [0.4, 0.5) is 5.69 Å². The van der Waals surface area contributed by atoms with Gasteiger partial charge in [-0.3, -0.25) is 4.79 Å². The highest BCUT2D eigenvalue weighted by Crippen LogP contribution is 2.23. The van der Waals surface area contributed by atoms with Crippen molar-refractivity contribution >= 4 is 11.6 Å². The monoisotopic (exact) mass is 306 g/mol. The SMILES string of the molecule is CCCCCCNC(=O)c1ccc(N)c(OCCC(C)C)c1. The maximum absolute atomic E-state index is 12.1. The summed E-state index contributed by atoms with van der Waals surface area (Å²) < 4.78 is 5.69. The summed E-state index contributed by atoms with van der Waals surface area (Å²) in [7, 11) is 0. The number of nitrogen functional groups attached to an aromatic ring is 1. The second kappa shape index (κ2) is 10.1. The minimum absolute atomic E-state index is 0.0646. The summed E-state index contributed by atoms with van der Waals surface area (Å²) in [5, 5.41) is 2.94. The van der Waals surface area contributed by atoms with E-state index in [1.54, 1.807) is 18.2 Å². The van der Waals surface area contributed by atoms with E-state index in [-0.39, 0.29) is 5.91 Å². The van der Waals surface area contributed by atoms with E-state index in [2.05, 4.69) is 26.1 Å². The molecule has 4 nitrogen and oxygen atoms in total. The van der Waals surface area contributed by atoms with Crippen LogP contribution in [0.3, 0.4) is 0 Å². The largest absolute Gasteiger partial charge is 0.491 e. The Labute approximate surface area is 134 Å². The number of rotatable bonds is 10. The molecule has 0 aliphatic carbocycles. The molecule has 0 saturated heterocycles. The van der Waals surface area contributed by atoms with Crippen molar-refractivity contribution in [1.82, 2.24) is 5.32 Å². The van der Waals surface area contributed by atoms with E-state index < -0.39 is 0 Å². The van der Waals surface area contributed by atoms with Gasteiger partial charge in [-0.15, -0.1) is 0 Å². The molecule has 124 valence electrons. The first kappa shape index (κ1) is 18.3. The fourth-order valence-corrected chi connectivity index (χ4v) is 2.06. The number of nitrogens with two attached hydrogens (primary N) is 1. The molecule has 0 heterocycles. The first-order chi connectivity index (χ1) is 10.5. The van der Waals surface area contributed by atoms with E-state index in [0.29, 0.717) is 36.1 Å². The Morgan fingerprint density at radius 2 is 2.05 bits per heavy atom. The number of benzene rings is 1. The summed E-state index contributed by atoms with van der Waals surface area (Å²) in [6.45, 7) is 7.80. The number of unbranched alkanes of at least 4 members (excludes halogenated alkanes) is 3. The van der Waals surface area contributed by atoms with E-state index in [1.165, 1.54) is 12.8 Å². The Kier molecular flexibility index (Phi) is 8.41. The van der Waals surface area contributed by atoms with Crippen molar-refractivity contribution in [1.29, 1.82) is 0 Å². The molecular weight excluding hydrogens is 276 g/mol. The molecule has 0 fully saturated rings. The van der Waals surface area contributed by atoms with Gasteiger partial charge >= 0.3 is 0 Å². The van der Waals surface area contributed by atoms with Gasteiger partial charge in [0, 0.05) is 12.1 Å². The molecule has 4 heteroatoms. The first-order valence-electron chi connectivity index (χ1n) is 8.35. The normalized spacial score (nSPS) is 10.7. The van der Waals surface area contributed by atoms with Gasteiger partial charge in [0.2, 0.25) is 0 Å². The second-order valence-corrected chi connectivity index (χ2v) is 6.10. The van der Waals surface area contributed by atoms with E-state index in [0.717, 1.165) is 19.3 Å². The standard InChI is InChI=1S/C18H30N2O2/c1-4-5-6-7-11-20-18(21)15-8-9-16(19)17(13-15)22-12-10-14(2)3/h8-9,13-14H,4-7,10-12,19H2,1-3H3,(H,20,21). The maximum Gasteiger partial charge on any atom is 0.251 e. The fraction of sp³-hybridized carbons (Fsp3) is 0.611. The van der Waals surface area contributed by atoms with E-state index in [1.807, 2.05) is 0 Å². The molecule has 1 amide bonds. The van der Waals surface area contributed by atoms with Crippen molar-refractivity contribution in [3.63, 3.8) is 0 Å². The summed E-state index contributed by atoms with van der Waals surface area (Å²) in [6, 6.07) is 5.21. The van der Waals surface area contributed by atoms with Crippen LogP contribution >= 0.6 is 0 Å². The predicted octanol–water partition coefficient (Wildman–Crippen LogP) is 4.00. The second-order valence-electron chi connectivity index (χ2n) is 6.10. The van der Waals surface area contributed by atoms with Gasteiger partial charge in [0.1, 0.15) is 5.75 Å². The van der Waals surface area contributed by atoms with Gasteiger partial charge in [0.25, 0.3) is 5.91 Å². The number of nitrogens with one attached hydrogen (secondary N) is 1. The van der Waals surface area contributed by atoms with Gasteiger partial charge in [0.15, 0.2) is 0 Å². The third-order valence-corrected chi connectivity index (χ3v) is 3.54. The van der Waals surface area contributed by atoms with Crippen molar-refractivity contribution < 1.29 is 9.53 Å². The lowest BCUT2D eigenvalue weighted by Gasteiger charge is -2.12. The molecule has 0 atom stereocenters. The van der Waals surface area contributed by atoms with Crippen molar-refractivity contribution in [2.45, 2.75) is 52.9 Å². The van der Waals surface area contributed by atoms with Crippen molar-refractivity contribution in [2.75, 3.05) is 18.9 Å². The molecule has 0 radical (unpaired) electrons. The molecule has 0 spiro atoms. The minimum atomic E-state index is -0.0646. The van der Waals surface area contributed by atoms with Crippen LogP contribution in [0.25, 0.3) is 0 Å². The Hall–Kier alpha value is -1.71. The average molecular weight is 306 g/mol. The summed E-state index contributed by atoms with van der Waals surface area (Å²) in [5.74, 6) is 1.11. The van der Waals surface area contributed by atoms with Crippen LogP contribution in [-0.2, 0) is 0 Å². The highest BCUT2D eigenvalue weighted by molar-refractivity contribution is 5.95. The average Bonchev–Trinajstić information content (AvgIpc) is 2.48. The smallest absolute Gasteiger partial charge is 0.251 e. The van der Waals surface area contributed by atoms with Crippen LogP contribution in [0.5, 0.6) is 5.75 Å². The van der Waals surface area contributed by atoms with Crippen LogP contribution in [0, 0.1) is 5.92 Å². The van der Waals surface area contributed by atoms with Crippen LogP contribution in [0.15, 0.2) is 18.2 Å². The summed E-state index contributed by atoms with van der Waals surface area (Å²) in [4.78, 5) is 12.1. The molecule has 1 aromatic carbocycles. The van der Waals surface area contributed by atoms with E-state index >= 15 is 0 Å². The topological polar surface area (TPSA) is 64.4 Å². The van der Waals surface area contributed by atoms with Crippen LogP contribution in [-0.4, -0.2) is 19.1 Å². The number of hydrogen-bond acceptors (Lipinski definition) is 3.